The molecule has 4 rings (SSSR count). The molecular weight excluding hydrogens is 308 g/mol. The molecule has 3 heterocycles. The number of aromatic nitrogens is 3. The fourth-order valence-electron chi connectivity index (χ4n) is 2.24. The van der Waals surface area contributed by atoms with Crippen molar-refractivity contribution in [2.75, 3.05) is 6.54 Å². The minimum Gasteiger partial charge on any atom is -0.435 e. The number of fused-ring (bicyclic) bond motifs is 2. The summed E-state index contributed by atoms with van der Waals surface area (Å²) >= 11 is 3.43. The van der Waals surface area contributed by atoms with E-state index in [1.54, 1.807) is 6.33 Å². The number of rotatable bonds is 1. The third-order valence-corrected chi connectivity index (χ3v) is 3.62. The molecule has 6 heteroatoms. The fourth-order valence-corrected chi connectivity index (χ4v) is 2.59. The number of benzene rings is 1. The average molecular weight is 317 g/mol. The quantitative estimate of drug-likeness (QED) is 0.750. The maximum atomic E-state index is 5.77. The van der Waals surface area contributed by atoms with Crippen molar-refractivity contribution in [2.45, 2.75) is 6.42 Å². The van der Waals surface area contributed by atoms with Crippen LogP contribution in [0.5, 0.6) is 0 Å². The van der Waals surface area contributed by atoms with Crippen molar-refractivity contribution >= 4 is 32.7 Å². The maximum Gasteiger partial charge on any atom is 0.248 e. The van der Waals surface area contributed by atoms with Gasteiger partial charge in [0.25, 0.3) is 0 Å². The van der Waals surface area contributed by atoms with Crippen molar-refractivity contribution < 1.29 is 4.42 Å². The van der Waals surface area contributed by atoms with Crippen LogP contribution in [0.4, 0.5) is 0 Å². The molecule has 1 aliphatic heterocycles. The fraction of sp³-hybridized carbons (Fsp3) is 0.154. The number of hydrogen-bond donors (Lipinski definition) is 1. The Hall–Kier alpha value is -1.95. The lowest BCUT2D eigenvalue weighted by molar-refractivity contribution is 0.588. The molecule has 2 aromatic heterocycles. The number of nitrogens with one attached hydrogen (secondary N) is 1. The molecule has 1 aliphatic rings. The van der Waals surface area contributed by atoms with Gasteiger partial charge in [-0.3, -0.25) is 4.99 Å². The van der Waals surface area contributed by atoms with E-state index in [1.165, 1.54) is 0 Å². The van der Waals surface area contributed by atoms with Crippen LogP contribution >= 0.6 is 15.9 Å². The van der Waals surface area contributed by atoms with Crippen molar-refractivity contribution in [1.29, 1.82) is 0 Å². The summed E-state index contributed by atoms with van der Waals surface area (Å²) in [6.45, 7) is 0.729. The summed E-state index contributed by atoms with van der Waals surface area (Å²) in [7, 11) is 0. The Labute approximate surface area is 116 Å². The Balaban J connectivity index is 1.89. The molecule has 5 nitrogen and oxygen atoms in total. The van der Waals surface area contributed by atoms with Crippen LogP contribution in [0.15, 0.2) is 38.4 Å². The first-order valence-electron chi connectivity index (χ1n) is 5.95. The third kappa shape index (κ3) is 1.71. The molecule has 3 aromatic rings. The summed E-state index contributed by atoms with van der Waals surface area (Å²) in [5.41, 5.74) is 4.23. The van der Waals surface area contributed by atoms with Gasteiger partial charge < -0.3 is 9.40 Å². The molecule has 0 aliphatic carbocycles. The number of oxazole rings is 1. The van der Waals surface area contributed by atoms with Gasteiger partial charge in [0.15, 0.2) is 5.58 Å². The average Bonchev–Trinajstić information content (AvgIpc) is 3.03. The van der Waals surface area contributed by atoms with Crippen LogP contribution in [-0.2, 0) is 6.42 Å². The minimum atomic E-state index is 0.529. The molecule has 1 N–H and O–H groups in total. The summed E-state index contributed by atoms with van der Waals surface area (Å²) < 4.78 is 6.75. The summed E-state index contributed by atoms with van der Waals surface area (Å²) in [5.74, 6) is 0.529. The lowest BCUT2D eigenvalue weighted by atomic mass is 10.1. The van der Waals surface area contributed by atoms with Crippen molar-refractivity contribution in [2.24, 2.45) is 4.99 Å². The van der Waals surface area contributed by atoms with E-state index in [0.29, 0.717) is 5.89 Å². The van der Waals surface area contributed by atoms with Crippen molar-refractivity contribution in [1.82, 2.24) is 15.0 Å². The van der Waals surface area contributed by atoms with Crippen LogP contribution in [-0.4, -0.2) is 27.2 Å². The SMILES string of the molecule is Brc1ccc2oc(C3=NCCc4[nH]cnc43)nc2c1. The van der Waals surface area contributed by atoms with E-state index in [9.17, 15) is 0 Å². The number of aromatic amines is 1. The monoisotopic (exact) mass is 316 g/mol. The lowest BCUT2D eigenvalue weighted by Gasteiger charge is -2.08. The Morgan fingerprint density at radius 1 is 1.32 bits per heavy atom. The van der Waals surface area contributed by atoms with Gasteiger partial charge in [-0.25, -0.2) is 9.97 Å². The van der Waals surface area contributed by atoms with Gasteiger partial charge in [0, 0.05) is 23.1 Å². The second-order valence-corrected chi connectivity index (χ2v) is 5.26. The number of H-pyrrole nitrogens is 1. The first-order chi connectivity index (χ1) is 9.31. The highest BCUT2D eigenvalue weighted by Gasteiger charge is 2.22. The largest absolute Gasteiger partial charge is 0.435 e. The summed E-state index contributed by atoms with van der Waals surface area (Å²) in [5, 5.41) is 0. The molecule has 0 radical (unpaired) electrons. The smallest absolute Gasteiger partial charge is 0.248 e. The van der Waals surface area contributed by atoms with E-state index in [1.807, 2.05) is 18.2 Å². The molecular formula is C13H9BrN4O. The number of nitrogens with zero attached hydrogens (tertiary/aromatic N) is 3. The standard InChI is InChI=1S/C13H9BrN4O/c14-7-1-2-10-9(5-7)18-13(19-10)12-11-8(3-4-15-12)16-6-17-11/h1-2,5-6H,3-4H2,(H,16,17). The lowest BCUT2D eigenvalue weighted by Crippen LogP contribution is -2.14. The molecule has 0 bridgehead atoms. The van der Waals surface area contributed by atoms with Gasteiger partial charge in [-0.1, -0.05) is 15.9 Å². The zero-order valence-electron chi connectivity index (χ0n) is 9.85. The van der Waals surface area contributed by atoms with E-state index in [4.69, 9.17) is 4.42 Å². The molecule has 0 saturated carbocycles. The molecule has 0 saturated heterocycles. The molecule has 0 spiro atoms. The van der Waals surface area contributed by atoms with Crippen LogP contribution < -0.4 is 0 Å². The summed E-state index contributed by atoms with van der Waals surface area (Å²) in [6.07, 6.45) is 2.56. The van der Waals surface area contributed by atoms with Crippen LogP contribution in [0.2, 0.25) is 0 Å². The first kappa shape index (κ1) is 10.9. The molecule has 0 atom stereocenters. The molecule has 1 aromatic carbocycles. The highest BCUT2D eigenvalue weighted by molar-refractivity contribution is 9.10. The van der Waals surface area contributed by atoms with E-state index < -0.39 is 0 Å². The molecule has 0 amide bonds. The van der Waals surface area contributed by atoms with E-state index in [-0.39, 0.29) is 0 Å². The van der Waals surface area contributed by atoms with Gasteiger partial charge in [-0.15, -0.1) is 0 Å². The summed E-state index contributed by atoms with van der Waals surface area (Å²) in [4.78, 5) is 16.4. The van der Waals surface area contributed by atoms with Gasteiger partial charge in [-0.05, 0) is 18.2 Å². The van der Waals surface area contributed by atoms with Gasteiger partial charge in [0.05, 0.1) is 6.33 Å². The Morgan fingerprint density at radius 2 is 2.26 bits per heavy atom. The highest BCUT2D eigenvalue weighted by Crippen LogP contribution is 2.23. The van der Waals surface area contributed by atoms with Crippen molar-refractivity contribution in [3.05, 3.63) is 46.3 Å². The predicted octanol–water partition coefficient (Wildman–Crippen LogP) is 2.71. The zero-order valence-corrected chi connectivity index (χ0v) is 11.4. The Bertz CT molecular complexity index is 802. The van der Waals surface area contributed by atoms with Gasteiger partial charge >= 0.3 is 0 Å². The zero-order chi connectivity index (χ0) is 12.8. The summed E-state index contributed by atoms with van der Waals surface area (Å²) in [6, 6.07) is 5.75. The predicted molar refractivity (Wildman–Crippen MR) is 74.5 cm³/mol. The van der Waals surface area contributed by atoms with E-state index in [0.717, 1.165) is 45.6 Å². The second kappa shape index (κ2) is 4.03. The highest BCUT2D eigenvalue weighted by atomic mass is 79.9. The number of hydrogen-bond acceptors (Lipinski definition) is 4. The molecule has 94 valence electrons. The van der Waals surface area contributed by atoms with Gasteiger partial charge in [0.2, 0.25) is 5.89 Å². The van der Waals surface area contributed by atoms with Gasteiger partial charge in [0.1, 0.15) is 16.9 Å². The van der Waals surface area contributed by atoms with Crippen molar-refractivity contribution in [3.8, 4) is 0 Å². The van der Waals surface area contributed by atoms with E-state index >= 15 is 0 Å². The Morgan fingerprint density at radius 3 is 3.21 bits per heavy atom. The maximum absolute atomic E-state index is 5.77. The topological polar surface area (TPSA) is 67.1 Å². The van der Waals surface area contributed by atoms with Gasteiger partial charge in [-0.2, -0.15) is 0 Å². The normalized spacial score (nSPS) is 14.5. The van der Waals surface area contributed by atoms with Crippen LogP contribution in [0.3, 0.4) is 0 Å². The molecule has 0 unspecified atom stereocenters. The van der Waals surface area contributed by atoms with Crippen LogP contribution in [0, 0.1) is 0 Å². The minimum absolute atomic E-state index is 0.529. The van der Waals surface area contributed by atoms with E-state index in [2.05, 4.69) is 35.9 Å². The Kier molecular flexibility index (Phi) is 2.32. The molecule has 0 fully saturated rings. The van der Waals surface area contributed by atoms with Crippen molar-refractivity contribution in [3.63, 3.8) is 0 Å². The number of imidazole rings is 1. The first-order valence-corrected chi connectivity index (χ1v) is 6.74. The second-order valence-electron chi connectivity index (χ2n) is 4.34. The van der Waals surface area contributed by atoms with Crippen LogP contribution in [0.1, 0.15) is 17.3 Å². The number of aliphatic imine (C=N–C) groups is 1. The third-order valence-electron chi connectivity index (χ3n) is 3.13. The number of halogens is 1. The van der Waals surface area contributed by atoms with Crippen LogP contribution in [0.25, 0.3) is 11.1 Å². The molecule has 19 heavy (non-hydrogen) atoms.